The number of halogens is 1. The molecule has 0 bridgehead atoms. The Morgan fingerprint density at radius 3 is 2.39 bits per heavy atom. The second-order valence-corrected chi connectivity index (χ2v) is 7.16. The Balaban J connectivity index is 2.48. The Labute approximate surface area is 140 Å². The molecule has 0 aliphatic heterocycles. The minimum Gasteiger partial charge on any atom is -0.495 e. The van der Waals surface area contributed by atoms with Crippen molar-refractivity contribution in [2.45, 2.75) is 11.8 Å². The van der Waals surface area contributed by atoms with Crippen LogP contribution < -0.4 is 4.74 Å². The van der Waals surface area contributed by atoms with Gasteiger partial charge in [0.25, 0.3) is 0 Å². The minimum absolute atomic E-state index is 0.0792. The van der Waals surface area contributed by atoms with Crippen molar-refractivity contribution in [2.75, 3.05) is 7.11 Å². The van der Waals surface area contributed by atoms with Gasteiger partial charge in [-0.15, -0.1) is 0 Å². The molecule has 2 rings (SSSR count). The highest BCUT2D eigenvalue weighted by molar-refractivity contribution is 7.95. The third-order valence-electron chi connectivity index (χ3n) is 3.20. The Morgan fingerprint density at radius 2 is 1.87 bits per heavy atom. The number of hydrogen-bond donors (Lipinski definition) is 0. The molecule has 0 spiro atoms. The Kier molecular flexibility index (Phi) is 5.09. The number of benzene rings is 2. The molecule has 118 valence electrons. The first-order valence-corrected chi connectivity index (χ1v) is 8.51. The lowest BCUT2D eigenvalue weighted by atomic mass is 10.2. The molecule has 0 heterocycles. The summed E-state index contributed by atoms with van der Waals surface area (Å²) in [5, 5.41) is 9.59. The summed E-state index contributed by atoms with van der Waals surface area (Å²) in [5.74, 6) is 0.476. The van der Waals surface area contributed by atoms with Gasteiger partial charge in [-0.25, -0.2) is 8.42 Å². The predicted molar refractivity (Wildman–Crippen MR) is 90.0 cm³/mol. The van der Waals surface area contributed by atoms with Gasteiger partial charge < -0.3 is 4.74 Å². The summed E-state index contributed by atoms with van der Waals surface area (Å²) in [5.41, 5.74) is 1.44. The Bertz CT molecular complexity index is 894. The average molecular weight is 348 g/mol. The fraction of sp³-hybridized carbons (Fsp3) is 0.118. The predicted octanol–water partition coefficient (Wildman–Crippen LogP) is 4.00. The van der Waals surface area contributed by atoms with E-state index in [0.717, 1.165) is 5.56 Å². The van der Waals surface area contributed by atoms with E-state index in [9.17, 15) is 13.7 Å². The highest BCUT2D eigenvalue weighted by Crippen LogP contribution is 2.27. The van der Waals surface area contributed by atoms with Gasteiger partial charge in [0, 0.05) is 0 Å². The molecule has 0 aliphatic rings. The molecule has 0 aliphatic carbocycles. The van der Waals surface area contributed by atoms with E-state index in [4.69, 9.17) is 16.3 Å². The number of nitrogens with zero attached hydrogens (tertiary/aromatic N) is 1. The lowest BCUT2D eigenvalue weighted by Gasteiger charge is -2.05. The van der Waals surface area contributed by atoms with E-state index in [-0.39, 0.29) is 9.80 Å². The number of hydrogen-bond acceptors (Lipinski definition) is 4. The number of nitriles is 1. The van der Waals surface area contributed by atoms with Gasteiger partial charge in [0.2, 0.25) is 9.84 Å². The van der Waals surface area contributed by atoms with E-state index >= 15 is 0 Å². The van der Waals surface area contributed by atoms with Gasteiger partial charge in [-0.2, -0.15) is 5.26 Å². The first-order valence-electron chi connectivity index (χ1n) is 6.65. The molecule has 0 radical (unpaired) electrons. The van der Waals surface area contributed by atoms with E-state index in [1.165, 1.54) is 25.3 Å². The largest absolute Gasteiger partial charge is 0.495 e. The molecule has 0 saturated carbocycles. The molecule has 0 N–H and O–H groups in total. The summed E-state index contributed by atoms with van der Waals surface area (Å²) in [6.45, 7) is 1.86. The maximum absolute atomic E-state index is 12.5. The second kappa shape index (κ2) is 6.86. The van der Waals surface area contributed by atoms with Gasteiger partial charge in [-0.05, 0) is 42.8 Å². The van der Waals surface area contributed by atoms with Gasteiger partial charge in [0.05, 0.1) is 17.0 Å². The fourth-order valence-electron chi connectivity index (χ4n) is 1.94. The van der Waals surface area contributed by atoms with Crippen LogP contribution in [0.1, 0.15) is 11.1 Å². The summed E-state index contributed by atoms with van der Waals surface area (Å²) in [6.07, 6.45) is 1.29. The van der Waals surface area contributed by atoms with Crippen molar-refractivity contribution in [1.29, 1.82) is 5.26 Å². The number of sulfone groups is 1. The highest BCUT2D eigenvalue weighted by atomic mass is 35.5. The van der Waals surface area contributed by atoms with E-state index in [1.807, 2.05) is 6.92 Å². The molecule has 23 heavy (non-hydrogen) atoms. The molecule has 2 aromatic carbocycles. The van der Waals surface area contributed by atoms with Crippen molar-refractivity contribution in [3.8, 4) is 11.8 Å². The molecule has 0 aromatic heterocycles. The first-order chi connectivity index (χ1) is 10.9. The van der Waals surface area contributed by atoms with Crippen LogP contribution in [0, 0.1) is 18.3 Å². The summed E-state index contributed by atoms with van der Waals surface area (Å²) in [7, 11) is -2.38. The van der Waals surface area contributed by atoms with Crippen LogP contribution in [-0.4, -0.2) is 15.5 Å². The lowest BCUT2D eigenvalue weighted by molar-refractivity contribution is 0.415. The zero-order chi connectivity index (χ0) is 17.0. The molecular formula is C17H14ClNO3S. The molecule has 0 atom stereocenters. The number of aryl methyl sites for hydroxylation is 1. The lowest BCUT2D eigenvalue weighted by Crippen LogP contribution is -2.03. The maximum atomic E-state index is 12.5. The molecule has 2 aromatic rings. The van der Waals surface area contributed by atoms with Crippen LogP contribution in [-0.2, 0) is 9.84 Å². The standard InChI is InChI=1S/C17H14ClNO3S/c1-12-3-6-14(7-4-12)23(20,21)15(11-19)9-13-5-8-17(22-2)16(18)10-13/h3-10H,1-2H3/b15-9-. The summed E-state index contributed by atoms with van der Waals surface area (Å²) >= 11 is 6.02. The number of rotatable bonds is 4. The SMILES string of the molecule is COc1ccc(/C=C(/C#N)S(=O)(=O)c2ccc(C)cc2)cc1Cl. The van der Waals surface area contributed by atoms with Gasteiger partial charge in [0.1, 0.15) is 16.7 Å². The van der Waals surface area contributed by atoms with Crippen molar-refractivity contribution >= 4 is 27.5 Å². The zero-order valence-corrected chi connectivity index (χ0v) is 14.1. The van der Waals surface area contributed by atoms with Gasteiger partial charge in [-0.1, -0.05) is 35.4 Å². The van der Waals surface area contributed by atoms with Crippen LogP contribution in [0.15, 0.2) is 52.3 Å². The highest BCUT2D eigenvalue weighted by Gasteiger charge is 2.20. The molecule has 0 amide bonds. The quantitative estimate of drug-likeness (QED) is 0.784. The summed E-state index contributed by atoms with van der Waals surface area (Å²) < 4.78 is 30.1. The molecule has 6 heteroatoms. The molecule has 4 nitrogen and oxygen atoms in total. The van der Waals surface area contributed by atoms with Crippen molar-refractivity contribution in [3.05, 3.63) is 63.5 Å². The van der Waals surface area contributed by atoms with Crippen LogP contribution in [0.3, 0.4) is 0 Å². The summed E-state index contributed by atoms with van der Waals surface area (Å²) in [6, 6.07) is 12.9. The normalized spacial score (nSPS) is 11.8. The number of methoxy groups -OCH3 is 1. The van der Waals surface area contributed by atoms with Crippen LogP contribution in [0.2, 0.25) is 5.02 Å². The van der Waals surface area contributed by atoms with E-state index < -0.39 is 9.84 Å². The van der Waals surface area contributed by atoms with Crippen molar-refractivity contribution < 1.29 is 13.2 Å². The smallest absolute Gasteiger partial charge is 0.216 e. The Hall–Kier alpha value is -2.29. The maximum Gasteiger partial charge on any atom is 0.216 e. The topological polar surface area (TPSA) is 67.2 Å². The van der Waals surface area contributed by atoms with Gasteiger partial charge in [-0.3, -0.25) is 0 Å². The monoisotopic (exact) mass is 347 g/mol. The average Bonchev–Trinajstić information content (AvgIpc) is 2.53. The zero-order valence-electron chi connectivity index (χ0n) is 12.6. The van der Waals surface area contributed by atoms with Crippen LogP contribution in [0.25, 0.3) is 6.08 Å². The number of allylic oxidation sites excluding steroid dienone is 1. The van der Waals surface area contributed by atoms with Crippen molar-refractivity contribution in [3.63, 3.8) is 0 Å². The van der Waals surface area contributed by atoms with Gasteiger partial charge >= 0.3 is 0 Å². The Morgan fingerprint density at radius 1 is 1.22 bits per heavy atom. The minimum atomic E-state index is -3.87. The third kappa shape index (κ3) is 3.73. The van der Waals surface area contributed by atoms with Crippen LogP contribution >= 0.6 is 11.6 Å². The van der Waals surface area contributed by atoms with E-state index in [2.05, 4.69) is 0 Å². The fourth-order valence-corrected chi connectivity index (χ4v) is 3.36. The van der Waals surface area contributed by atoms with E-state index in [1.54, 1.807) is 36.4 Å². The summed E-state index contributed by atoms with van der Waals surface area (Å²) in [4.78, 5) is -0.266. The van der Waals surface area contributed by atoms with E-state index in [0.29, 0.717) is 16.3 Å². The van der Waals surface area contributed by atoms with Crippen LogP contribution in [0.4, 0.5) is 0 Å². The molecule has 0 fully saturated rings. The van der Waals surface area contributed by atoms with Crippen molar-refractivity contribution in [1.82, 2.24) is 0 Å². The van der Waals surface area contributed by atoms with Gasteiger partial charge in [0.15, 0.2) is 0 Å². The van der Waals surface area contributed by atoms with Crippen LogP contribution in [0.5, 0.6) is 5.75 Å². The molecule has 0 unspecified atom stereocenters. The first kappa shape index (κ1) is 17.1. The third-order valence-corrected chi connectivity index (χ3v) is 5.18. The second-order valence-electron chi connectivity index (χ2n) is 4.83. The molecular weight excluding hydrogens is 334 g/mol. The van der Waals surface area contributed by atoms with Crippen molar-refractivity contribution in [2.24, 2.45) is 0 Å². The molecule has 0 saturated heterocycles. The number of ether oxygens (including phenoxy) is 1.